The number of carboxylic acid groups (broad SMARTS) is 1. The molecule has 122 valence electrons. The number of furan rings is 1. The van der Waals surface area contributed by atoms with Crippen LogP contribution in [0.5, 0.6) is 0 Å². The molecule has 0 spiro atoms. The van der Waals surface area contributed by atoms with Crippen molar-refractivity contribution in [3.63, 3.8) is 0 Å². The van der Waals surface area contributed by atoms with Gasteiger partial charge in [0.1, 0.15) is 11.8 Å². The molecule has 5 nitrogen and oxygen atoms in total. The fourth-order valence-corrected chi connectivity index (χ4v) is 2.52. The average molecular weight is 323 g/mol. The van der Waals surface area contributed by atoms with Crippen LogP contribution in [0, 0.1) is 5.92 Å². The third-order valence-corrected chi connectivity index (χ3v) is 3.90. The number of carboxylic acids is 1. The summed E-state index contributed by atoms with van der Waals surface area (Å²) in [6.45, 7) is 1.67. The molecule has 24 heavy (non-hydrogen) atoms. The number of hydrogen-bond acceptors (Lipinski definition) is 3. The maximum absolute atomic E-state index is 12.4. The molecule has 3 aromatic rings. The summed E-state index contributed by atoms with van der Waals surface area (Å²) in [6.07, 6.45) is 1.90. The maximum Gasteiger partial charge on any atom is 0.306 e. The van der Waals surface area contributed by atoms with E-state index in [-0.39, 0.29) is 5.91 Å². The average Bonchev–Trinajstić information content (AvgIpc) is 3.00. The number of aliphatic carboxylic acids is 1. The van der Waals surface area contributed by atoms with Gasteiger partial charge in [0.15, 0.2) is 0 Å². The number of hydrogen-bond donors (Lipinski definition) is 2. The molecule has 0 aliphatic carbocycles. The Labute approximate surface area is 138 Å². The van der Waals surface area contributed by atoms with Crippen molar-refractivity contribution < 1.29 is 19.1 Å². The first-order valence-electron chi connectivity index (χ1n) is 7.64. The van der Waals surface area contributed by atoms with Gasteiger partial charge in [0.05, 0.1) is 11.5 Å². The zero-order chi connectivity index (χ0) is 17.1. The molecule has 0 fully saturated rings. The van der Waals surface area contributed by atoms with E-state index >= 15 is 0 Å². The Hall–Kier alpha value is -3.08. The Kier molecular flexibility index (Phi) is 4.33. The van der Waals surface area contributed by atoms with Gasteiger partial charge >= 0.3 is 5.97 Å². The van der Waals surface area contributed by atoms with Gasteiger partial charge in [0.2, 0.25) is 0 Å². The van der Waals surface area contributed by atoms with Crippen molar-refractivity contribution in [2.75, 3.05) is 5.32 Å². The predicted octanol–water partition coefficient (Wildman–Crippen LogP) is 3.95. The molecular weight excluding hydrogens is 306 g/mol. The first kappa shape index (κ1) is 15.8. The molecular formula is C19H17NO4. The molecule has 1 unspecified atom stereocenters. The topological polar surface area (TPSA) is 79.5 Å². The van der Waals surface area contributed by atoms with E-state index in [1.54, 1.807) is 19.1 Å². The van der Waals surface area contributed by atoms with E-state index in [2.05, 4.69) is 5.32 Å². The Bertz CT molecular complexity index is 880. The SMILES string of the molecule is CC(Cc1ccc(NC(=O)c2coc3ccccc23)cc1)C(=O)O. The third kappa shape index (κ3) is 3.30. The molecule has 1 amide bonds. The van der Waals surface area contributed by atoms with Crippen molar-refractivity contribution in [1.29, 1.82) is 0 Å². The molecule has 0 aliphatic rings. The number of carbonyl (C=O) groups excluding carboxylic acids is 1. The molecule has 2 aromatic carbocycles. The smallest absolute Gasteiger partial charge is 0.306 e. The van der Waals surface area contributed by atoms with E-state index in [4.69, 9.17) is 9.52 Å². The van der Waals surface area contributed by atoms with Crippen LogP contribution in [0.2, 0.25) is 0 Å². The summed E-state index contributed by atoms with van der Waals surface area (Å²) in [6, 6.07) is 14.5. The summed E-state index contributed by atoms with van der Waals surface area (Å²) < 4.78 is 5.38. The highest BCUT2D eigenvalue weighted by molar-refractivity contribution is 6.12. The van der Waals surface area contributed by atoms with Crippen LogP contribution in [0.15, 0.2) is 59.2 Å². The number of fused-ring (bicyclic) bond motifs is 1. The molecule has 0 aliphatic heterocycles. The lowest BCUT2D eigenvalue weighted by atomic mass is 10.0. The fourth-order valence-electron chi connectivity index (χ4n) is 2.52. The van der Waals surface area contributed by atoms with E-state index in [1.165, 1.54) is 6.26 Å². The molecule has 1 heterocycles. The van der Waals surface area contributed by atoms with Gasteiger partial charge in [-0.3, -0.25) is 9.59 Å². The van der Waals surface area contributed by atoms with Gasteiger partial charge in [0, 0.05) is 11.1 Å². The van der Waals surface area contributed by atoms with Gasteiger partial charge in [0.25, 0.3) is 5.91 Å². The number of carbonyl (C=O) groups is 2. The molecule has 1 aromatic heterocycles. The molecule has 0 saturated heterocycles. The number of rotatable bonds is 5. The molecule has 0 radical (unpaired) electrons. The lowest BCUT2D eigenvalue weighted by Crippen LogP contribution is -2.13. The zero-order valence-electron chi connectivity index (χ0n) is 13.2. The lowest BCUT2D eigenvalue weighted by molar-refractivity contribution is -0.141. The number of nitrogens with one attached hydrogen (secondary N) is 1. The first-order valence-corrected chi connectivity index (χ1v) is 7.64. The number of para-hydroxylation sites is 1. The van der Waals surface area contributed by atoms with Crippen LogP contribution in [0.4, 0.5) is 5.69 Å². The Morgan fingerprint density at radius 2 is 1.83 bits per heavy atom. The van der Waals surface area contributed by atoms with Gasteiger partial charge in [-0.1, -0.05) is 37.3 Å². The number of benzene rings is 2. The monoisotopic (exact) mass is 323 g/mol. The standard InChI is InChI=1S/C19H17NO4/c1-12(19(22)23)10-13-6-8-14(9-7-13)20-18(21)16-11-24-17-5-3-2-4-15(16)17/h2-9,11-12H,10H2,1H3,(H,20,21)(H,22,23). The second kappa shape index (κ2) is 6.58. The fraction of sp³-hybridized carbons (Fsp3) is 0.158. The summed E-state index contributed by atoms with van der Waals surface area (Å²) in [4.78, 5) is 23.3. The van der Waals surface area contributed by atoms with Gasteiger partial charge in [-0.15, -0.1) is 0 Å². The minimum absolute atomic E-state index is 0.244. The van der Waals surface area contributed by atoms with Crippen LogP contribution in [0.1, 0.15) is 22.8 Å². The quantitative estimate of drug-likeness (QED) is 0.745. The summed E-state index contributed by atoms with van der Waals surface area (Å²) >= 11 is 0. The Balaban J connectivity index is 1.72. The van der Waals surface area contributed by atoms with Gasteiger partial charge in [-0.2, -0.15) is 0 Å². The van der Waals surface area contributed by atoms with Crippen LogP contribution in [0.3, 0.4) is 0 Å². The van der Waals surface area contributed by atoms with Crippen LogP contribution < -0.4 is 5.32 Å². The van der Waals surface area contributed by atoms with Crippen molar-refractivity contribution in [3.8, 4) is 0 Å². The normalized spacial score (nSPS) is 12.0. The largest absolute Gasteiger partial charge is 0.481 e. The van der Waals surface area contributed by atoms with Gasteiger partial charge in [-0.25, -0.2) is 0 Å². The van der Waals surface area contributed by atoms with Crippen molar-refractivity contribution in [2.24, 2.45) is 5.92 Å². The molecule has 0 saturated carbocycles. The molecule has 1 atom stereocenters. The van der Waals surface area contributed by atoms with E-state index in [1.807, 2.05) is 36.4 Å². The van der Waals surface area contributed by atoms with Crippen molar-refractivity contribution in [1.82, 2.24) is 0 Å². The Morgan fingerprint density at radius 1 is 1.12 bits per heavy atom. The highest BCUT2D eigenvalue weighted by atomic mass is 16.4. The number of anilines is 1. The summed E-state index contributed by atoms with van der Waals surface area (Å²) in [5.41, 5.74) is 2.71. The molecule has 5 heteroatoms. The summed E-state index contributed by atoms with van der Waals surface area (Å²) in [5, 5.41) is 12.5. The maximum atomic E-state index is 12.4. The number of amides is 1. The lowest BCUT2D eigenvalue weighted by Gasteiger charge is -2.08. The van der Waals surface area contributed by atoms with E-state index in [0.717, 1.165) is 10.9 Å². The molecule has 3 rings (SSSR count). The van der Waals surface area contributed by atoms with Crippen molar-refractivity contribution >= 4 is 28.5 Å². The van der Waals surface area contributed by atoms with E-state index < -0.39 is 11.9 Å². The molecule has 2 N–H and O–H groups in total. The van der Waals surface area contributed by atoms with Crippen molar-refractivity contribution in [2.45, 2.75) is 13.3 Å². The second-order valence-corrected chi connectivity index (χ2v) is 5.74. The van der Waals surface area contributed by atoms with Gasteiger partial charge in [-0.05, 0) is 30.2 Å². The summed E-state index contributed by atoms with van der Waals surface area (Å²) in [7, 11) is 0. The van der Waals surface area contributed by atoms with Crippen LogP contribution in [-0.4, -0.2) is 17.0 Å². The molecule has 0 bridgehead atoms. The van der Waals surface area contributed by atoms with Crippen molar-refractivity contribution in [3.05, 3.63) is 65.9 Å². The highest BCUT2D eigenvalue weighted by Gasteiger charge is 2.14. The van der Waals surface area contributed by atoms with Gasteiger partial charge < -0.3 is 14.8 Å². The van der Waals surface area contributed by atoms with Crippen LogP contribution in [0.25, 0.3) is 11.0 Å². The minimum Gasteiger partial charge on any atom is -0.481 e. The predicted molar refractivity (Wildman–Crippen MR) is 91.1 cm³/mol. The third-order valence-electron chi connectivity index (χ3n) is 3.90. The zero-order valence-corrected chi connectivity index (χ0v) is 13.2. The van der Waals surface area contributed by atoms with Crippen LogP contribution in [-0.2, 0) is 11.2 Å². The first-order chi connectivity index (χ1) is 11.5. The van der Waals surface area contributed by atoms with E-state index in [0.29, 0.717) is 23.3 Å². The highest BCUT2D eigenvalue weighted by Crippen LogP contribution is 2.22. The summed E-state index contributed by atoms with van der Waals surface area (Å²) in [5.74, 6) is -1.51. The second-order valence-electron chi connectivity index (χ2n) is 5.74. The Morgan fingerprint density at radius 3 is 2.54 bits per heavy atom. The van der Waals surface area contributed by atoms with E-state index in [9.17, 15) is 9.59 Å². The van der Waals surface area contributed by atoms with Crippen LogP contribution >= 0.6 is 0 Å². The minimum atomic E-state index is -0.820.